The van der Waals surface area contributed by atoms with Gasteiger partial charge in [0.05, 0.1) is 5.92 Å². The maximum absolute atomic E-state index is 13.0. The third-order valence-corrected chi connectivity index (χ3v) is 5.53. The highest BCUT2D eigenvalue weighted by molar-refractivity contribution is 5.93. The minimum Gasteiger partial charge on any atom is -0.478 e. The highest BCUT2D eigenvalue weighted by atomic mass is 16.4. The molecule has 140 valence electrons. The molecule has 0 saturated carbocycles. The van der Waals surface area contributed by atoms with E-state index in [0.29, 0.717) is 25.5 Å². The number of piperidine rings is 1. The fourth-order valence-electron chi connectivity index (χ4n) is 4.15. The Balaban J connectivity index is 1.64. The molecule has 3 aliphatic heterocycles. The van der Waals surface area contributed by atoms with Crippen molar-refractivity contribution in [3.63, 3.8) is 0 Å². The molecule has 3 aliphatic rings. The molecule has 0 spiro atoms. The van der Waals surface area contributed by atoms with E-state index in [2.05, 4.69) is 4.98 Å². The van der Waals surface area contributed by atoms with Gasteiger partial charge in [-0.1, -0.05) is 30.3 Å². The Hall–Kier alpha value is -2.89. The van der Waals surface area contributed by atoms with Gasteiger partial charge in [-0.15, -0.1) is 0 Å². The lowest BCUT2D eigenvalue weighted by Gasteiger charge is -2.36. The highest BCUT2D eigenvalue weighted by Crippen LogP contribution is 2.33. The largest absolute Gasteiger partial charge is 0.478 e. The topological polar surface area (TPSA) is 73.7 Å². The smallest absolute Gasteiger partial charge is 0.339 e. The number of nitrogens with zero attached hydrogens (tertiary/aromatic N) is 3. The van der Waals surface area contributed by atoms with E-state index in [0.717, 1.165) is 24.1 Å². The number of fused-ring (bicyclic) bond motifs is 4. The Morgan fingerprint density at radius 1 is 1.15 bits per heavy atom. The lowest BCUT2D eigenvalue weighted by Crippen LogP contribution is -2.47. The van der Waals surface area contributed by atoms with Gasteiger partial charge < -0.3 is 14.9 Å². The lowest BCUT2D eigenvalue weighted by atomic mass is 9.93. The molecule has 4 heterocycles. The quantitative estimate of drug-likeness (QED) is 0.902. The summed E-state index contributed by atoms with van der Waals surface area (Å²) in [5.74, 6) is -0.450. The van der Waals surface area contributed by atoms with Crippen LogP contribution in [0.1, 0.15) is 34.5 Å². The van der Waals surface area contributed by atoms with Gasteiger partial charge in [-0.05, 0) is 37.5 Å². The van der Waals surface area contributed by atoms with E-state index < -0.39 is 5.97 Å². The summed E-state index contributed by atoms with van der Waals surface area (Å²) in [5, 5.41) is 9.56. The number of aromatic carboxylic acids is 1. The van der Waals surface area contributed by atoms with Crippen molar-refractivity contribution in [1.29, 1.82) is 0 Å². The van der Waals surface area contributed by atoms with Crippen molar-refractivity contribution in [1.82, 2.24) is 9.88 Å². The average molecular weight is 365 g/mol. The number of hydrogen-bond donors (Lipinski definition) is 1. The SMILES string of the molecule is Cc1ccc(C(=O)O)c(N2C[C@@H]3CC[C@H](C2)N(Cc2ccccc2)C3=O)n1. The molecule has 1 aromatic carbocycles. The van der Waals surface area contributed by atoms with E-state index in [9.17, 15) is 14.7 Å². The second-order valence-corrected chi connectivity index (χ2v) is 7.41. The molecule has 6 nitrogen and oxygen atoms in total. The zero-order valence-electron chi connectivity index (χ0n) is 15.3. The van der Waals surface area contributed by atoms with Gasteiger partial charge in [0.25, 0.3) is 0 Å². The van der Waals surface area contributed by atoms with Crippen LogP contribution >= 0.6 is 0 Å². The number of aromatic nitrogens is 1. The molecule has 0 aliphatic carbocycles. The molecule has 0 radical (unpaired) electrons. The third kappa shape index (κ3) is 3.39. The van der Waals surface area contributed by atoms with Crippen LogP contribution in [-0.4, -0.2) is 46.0 Å². The van der Waals surface area contributed by atoms with Crippen molar-refractivity contribution in [2.75, 3.05) is 18.0 Å². The Morgan fingerprint density at radius 2 is 1.93 bits per heavy atom. The number of benzene rings is 1. The van der Waals surface area contributed by atoms with Crippen LogP contribution in [0.25, 0.3) is 0 Å². The van der Waals surface area contributed by atoms with Gasteiger partial charge >= 0.3 is 5.97 Å². The number of carboxylic acid groups (broad SMARTS) is 1. The Morgan fingerprint density at radius 3 is 2.67 bits per heavy atom. The average Bonchev–Trinajstić information content (AvgIpc) is 2.95. The number of aryl methyl sites for hydroxylation is 1. The van der Waals surface area contributed by atoms with E-state index in [-0.39, 0.29) is 23.4 Å². The predicted octanol–water partition coefficient (Wildman–Crippen LogP) is 2.72. The molecule has 2 aromatic rings. The summed E-state index contributed by atoms with van der Waals surface area (Å²) in [6, 6.07) is 13.4. The summed E-state index contributed by atoms with van der Waals surface area (Å²) in [5.41, 5.74) is 2.09. The molecular formula is C21H23N3O3. The van der Waals surface area contributed by atoms with Crippen molar-refractivity contribution in [2.45, 2.75) is 32.4 Å². The van der Waals surface area contributed by atoms with Crippen LogP contribution in [0.15, 0.2) is 42.5 Å². The first-order chi connectivity index (χ1) is 13.0. The van der Waals surface area contributed by atoms with Gasteiger partial charge in [0.1, 0.15) is 11.4 Å². The Bertz CT molecular complexity index is 868. The Kier molecular flexibility index (Phi) is 4.56. The second-order valence-electron chi connectivity index (χ2n) is 7.41. The first-order valence-corrected chi connectivity index (χ1v) is 9.33. The molecule has 27 heavy (non-hydrogen) atoms. The van der Waals surface area contributed by atoms with Crippen molar-refractivity contribution in [3.05, 3.63) is 59.3 Å². The van der Waals surface area contributed by atoms with Gasteiger partial charge in [0, 0.05) is 31.4 Å². The van der Waals surface area contributed by atoms with Crippen LogP contribution < -0.4 is 4.90 Å². The highest BCUT2D eigenvalue weighted by Gasteiger charge is 2.41. The van der Waals surface area contributed by atoms with Crippen LogP contribution in [0.2, 0.25) is 0 Å². The van der Waals surface area contributed by atoms with Crippen LogP contribution in [0.3, 0.4) is 0 Å². The van der Waals surface area contributed by atoms with Crippen LogP contribution in [-0.2, 0) is 11.3 Å². The first kappa shape index (κ1) is 17.5. The fraction of sp³-hybridized carbons (Fsp3) is 0.381. The standard InChI is InChI=1S/C21H23N3O3/c1-14-7-10-18(21(26)27)19(22-14)23-12-16-8-9-17(13-23)24(20(16)25)11-15-5-3-2-4-6-15/h2-7,10,16-17H,8-9,11-13H2,1H3,(H,26,27)/t16-,17+/m0/s1. The summed E-state index contributed by atoms with van der Waals surface area (Å²) in [6.45, 7) is 3.60. The maximum atomic E-state index is 13.0. The number of rotatable bonds is 4. The fourth-order valence-corrected chi connectivity index (χ4v) is 4.15. The zero-order valence-corrected chi connectivity index (χ0v) is 15.3. The second kappa shape index (κ2) is 7.02. The normalized spacial score (nSPS) is 22.0. The van der Waals surface area contributed by atoms with Crippen molar-refractivity contribution in [3.8, 4) is 0 Å². The lowest BCUT2D eigenvalue weighted by molar-refractivity contribution is -0.140. The number of pyridine rings is 1. The first-order valence-electron chi connectivity index (χ1n) is 9.33. The van der Waals surface area contributed by atoms with Crippen molar-refractivity contribution in [2.24, 2.45) is 5.92 Å². The van der Waals surface area contributed by atoms with Gasteiger partial charge in [-0.3, -0.25) is 4.79 Å². The monoisotopic (exact) mass is 365 g/mol. The van der Waals surface area contributed by atoms with Crippen molar-refractivity contribution < 1.29 is 14.7 Å². The van der Waals surface area contributed by atoms with E-state index in [1.54, 1.807) is 12.1 Å². The number of carboxylic acids is 1. The minimum absolute atomic E-state index is 0.0698. The van der Waals surface area contributed by atoms with Crippen molar-refractivity contribution >= 4 is 17.7 Å². The molecule has 3 saturated heterocycles. The molecule has 2 atom stereocenters. The number of anilines is 1. The van der Waals surface area contributed by atoms with Gasteiger partial charge in [-0.25, -0.2) is 9.78 Å². The molecule has 6 heteroatoms. The molecular weight excluding hydrogens is 342 g/mol. The summed E-state index contributed by atoms with van der Waals surface area (Å²) >= 11 is 0. The molecule has 0 unspecified atom stereocenters. The van der Waals surface area contributed by atoms with Crippen LogP contribution in [0.4, 0.5) is 5.82 Å². The van der Waals surface area contributed by atoms with Gasteiger partial charge in [0.2, 0.25) is 5.91 Å². The van der Waals surface area contributed by atoms with E-state index >= 15 is 0 Å². The number of hydrogen-bond acceptors (Lipinski definition) is 4. The molecule has 1 amide bonds. The Labute approximate surface area is 158 Å². The van der Waals surface area contributed by atoms with Crippen LogP contribution in [0, 0.1) is 12.8 Å². The molecule has 3 fully saturated rings. The molecule has 1 N–H and O–H groups in total. The molecule has 2 bridgehead atoms. The summed E-state index contributed by atoms with van der Waals surface area (Å²) in [4.78, 5) is 33.2. The van der Waals surface area contributed by atoms with E-state index in [1.807, 2.05) is 47.1 Å². The maximum Gasteiger partial charge on any atom is 0.339 e. The van der Waals surface area contributed by atoms with Gasteiger partial charge in [-0.2, -0.15) is 0 Å². The predicted molar refractivity (Wildman–Crippen MR) is 102 cm³/mol. The number of amides is 1. The summed E-state index contributed by atoms with van der Waals surface area (Å²) < 4.78 is 0. The van der Waals surface area contributed by atoms with Gasteiger partial charge in [0.15, 0.2) is 0 Å². The summed E-state index contributed by atoms with van der Waals surface area (Å²) in [6.07, 6.45) is 1.79. The van der Waals surface area contributed by atoms with E-state index in [1.165, 1.54) is 0 Å². The molecule has 5 rings (SSSR count). The summed E-state index contributed by atoms with van der Waals surface area (Å²) in [7, 11) is 0. The van der Waals surface area contributed by atoms with E-state index in [4.69, 9.17) is 0 Å². The molecule has 1 aromatic heterocycles. The minimum atomic E-state index is -0.985. The number of carbonyl (C=O) groups excluding carboxylic acids is 1. The van der Waals surface area contributed by atoms with Crippen LogP contribution in [0.5, 0.6) is 0 Å². The number of carbonyl (C=O) groups is 2. The zero-order chi connectivity index (χ0) is 19.0. The third-order valence-electron chi connectivity index (χ3n) is 5.53.